The monoisotopic (exact) mass is 336 g/mol. The summed E-state index contributed by atoms with van der Waals surface area (Å²) in [6.07, 6.45) is 5.33. The lowest BCUT2D eigenvalue weighted by Crippen LogP contribution is -2.18. The number of esters is 1. The lowest BCUT2D eigenvalue weighted by molar-refractivity contribution is -0.138. The molecule has 1 atom stereocenters. The Balaban J connectivity index is 2.57. The zero-order valence-corrected chi connectivity index (χ0v) is 14.0. The third-order valence-electron chi connectivity index (χ3n) is 3.06. The minimum Gasteiger partial charge on any atom is -0.423 e. The van der Waals surface area contributed by atoms with Crippen molar-refractivity contribution >= 4 is 40.8 Å². The number of rotatable bonds is 7. The van der Waals surface area contributed by atoms with E-state index in [0.717, 1.165) is 19.3 Å². The van der Waals surface area contributed by atoms with Crippen molar-refractivity contribution in [3.63, 3.8) is 0 Å². The number of carbonyl (C=O) groups is 1. The molecule has 1 unspecified atom stereocenters. The molecule has 1 rings (SSSR count). The van der Waals surface area contributed by atoms with Crippen LogP contribution in [-0.4, -0.2) is 5.97 Å². The molecule has 0 saturated carbocycles. The molecular weight excluding hydrogens is 319 g/mol. The highest BCUT2D eigenvalue weighted by molar-refractivity contribution is 6.40. The van der Waals surface area contributed by atoms with E-state index in [9.17, 15) is 4.79 Å². The summed E-state index contributed by atoms with van der Waals surface area (Å²) < 4.78 is 5.29. The zero-order valence-electron chi connectivity index (χ0n) is 11.7. The molecule has 0 fully saturated rings. The number of benzene rings is 1. The van der Waals surface area contributed by atoms with Crippen LogP contribution in [0.15, 0.2) is 12.1 Å². The third-order valence-corrected chi connectivity index (χ3v) is 3.84. The summed E-state index contributed by atoms with van der Waals surface area (Å²) in [5.41, 5.74) is 0. The Bertz CT molecular complexity index is 437. The highest BCUT2D eigenvalue weighted by Crippen LogP contribution is 2.36. The molecule has 0 aliphatic carbocycles. The summed E-state index contributed by atoms with van der Waals surface area (Å²) in [6.45, 7) is 4.01. The van der Waals surface area contributed by atoms with Crippen LogP contribution in [0.4, 0.5) is 0 Å². The molecule has 112 valence electrons. The maximum atomic E-state index is 12.0. The summed E-state index contributed by atoms with van der Waals surface area (Å²) in [6, 6.07) is 3.01. The van der Waals surface area contributed by atoms with Crippen LogP contribution < -0.4 is 4.74 Å². The second-order valence-electron chi connectivity index (χ2n) is 4.87. The van der Waals surface area contributed by atoms with Gasteiger partial charge in [0.15, 0.2) is 5.75 Å². The van der Waals surface area contributed by atoms with Gasteiger partial charge in [-0.15, -0.1) is 0 Å². The van der Waals surface area contributed by atoms with Crippen LogP contribution in [0.3, 0.4) is 0 Å². The first-order valence-corrected chi connectivity index (χ1v) is 7.95. The number of ether oxygens (including phenoxy) is 1. The predicted octanol–water partition coefficient (Wildman–Crippen LogP) is 6.16. The van der Waals surface area contributed by atoms with Crippen LogP contribution in [0.1, 0.15) is 46.0 Å². The van der Waals surface area contributed by atoms with Crippen molar-refractivity contribution < 1.29 is 9.53 Å². The number of halogens is 3. The first-order valence-electron chi connectivity index (χ1n) is 6.82. The zero-order chi connectivity index (χ0) is 15.1. The van der Waals surface area contributed by atoms with E-state index in [-0.39, 0.29) is 27.7 Å². The minimum absolute atomic E-state index is 0.172. The second-order valence-corrected chi connectivity index (χ2v) is 6.12. The molecule has 0 radical (unpaired) electrons. The second kappa shape index (κ2) is 8.76. The minimum atomic E-state index is -0.312. The molecule has 0 N–H and O–H groups in total. The summed E-state index contributed by atoms with van der Waals surface area (Å²) in [5, 5.41) is 0.899. The van der Waals surface area contributed by atoms with E-state index in [1.165, 1.54) is 25.0 Å². The third kappa shape index (κ3) is 5.51. The van der Waals surface area contributed by atoms with Gasteiger partial charge < -0.3 is 4.74 Å². The van der Waals surface area contributed by atoms with Gasteiger partial charge in [-0.1, -0.05) is 74.3 Å². The summed E-state index contributed by atoms with van der Waals surface area (Å²) >= 11 is 17.8. The SMILES string of the molecule is CCCCCCC(C)C(=O)Oc1c(Cl)cc(Cl)cc1Cl. The van der Waals surface area contributed by atoms with Gasteiger partial charge in [0.05, 0.1) is 16.0 Å². The van der Waals surface area contributed by atoms with Gasteiger partial charge >= 0.3 is 5.97 Å². The van der Waals surface area contributed by atoms with Crippen LogP contribution in [0, 0.1) is 5.92 Å². The quantitative estimate of drug-likeness (QED) is 0.338. The Hall–Kier alpha value is -0.440. The van der Waals surface area contributed by atoms with Crippen molar-refractivity contribution in [1.82, 2.24) is 0 Å². The smallest absolute Gasteiger partial charge is 0.314 e. The van der Waals surface area contributed by atoms with Crippen LogP contribution in [0.5, 0.6) is 5.75 Å². The van der Waals surface area contributed by atoms with E-state index in [1.54, 1.807) is 0 Å². The highest BCUT2D eigenvalue weighted by Gasteiger charge is 2.18. The molecule has 2 nitrogen and oxygen atoms in total. The average Bonchev–Trinajstić information content (AvgIpc) is 2.38. The van der Waals surface area contributed by atoms with Crippen molar-refractivity contribution in [1.29, 1.82) is 0 Å². The molecule has 5 heteroatoms. The molecule has 1 aromatic rings. The normalized spacial score (nSPS) is 12.2. The van der Waals surface area contributed by atoms with Crippen molar-refractivity contribution in [3.05, 3.63) is 27.2 Å². The van der Waals surface area contributed by atoms with Crippen molar-refractivity contribution in [2.24, 2.45) is 5.92 Å². The molecular formula is C15H19Cl3O2. The van der Waals surface area contributed by atoms with E-state index in [2.05, 4.69) is 6.92 Å². The van der Waals surface area contributed by atoms with Crippen LogP contribution in [0.2, 0.25) is 15.1 Å². The predicted molar refractivity (Wildman–Crippen MR) is 85.0 cm³/mol. The van der Waals surface area contributed by atoms with E-state index < -0.39 is 0 Å². The van der Waals surface area contributed by atoms with E-state index in [4.69, 9.17) is 39.5 Å². The molecule has 0 bridgehead atoms. The maximum absolute atomic E-state index is 12.0. The van der Waals surface area contributed by atoms with Gasteiger partial charge in [0, 0.05) is 5.02 Å². The van der Waals surface area contributed by atoms with Gasteiger partial charge in [0.1, 0.15) is 0 Å². The fourth-order valence-electron chi connectivity index (χ4n) is 1.82. The molecule has 0 aliphatic rings. The lowest BCUT2D eigenvalue weighted by Gasteiger charge is -2.13. The lowest BCUT2D eigenvalue weighted by atomic mass is 10.0. The van der Waals surface area contributed by atoms with Crippen LogP contribution in [-0.2, 0) is 4.79 Å². The van der Waals surface area contributed by atoms with E-state index in [0.29, 0.717) is 5.02 Å². The summed E-state index contributed by atoms with van der Waals surface area (Å²) in [7, 11) is 0. The largest absolute Gasteiger partial charge is 0.423 e. The average molecular weight is 338 g/mol. The van der Waals surface area contributed by atoms with Crippen LogP contribution >= 0.6 is 34.8 Å². The number of unbranched alkanes of at least 4 members (excludes halogenated alkanes) is 3. The molecule has 1 aromatic carbocycles. The number of carbonyl (C=O) groups excluding carboxylic acids is 1. The molecule has 20 heavy (non-hydrogen) atoms. The molecule has 0 aromatic heterocycles. The Labute approximate surface area is 135 Å². The summed E-state index contributed by atoms with van der Waals surface area (Å²) in [4.78, 5) is 12.0. The fourth-order valence-corrected chi connectivity index (χ4v) is 2.72. The Morgan fingerprint density at radius 2 is 1.75 bits per heavy atom. The molecule has 0 heterocycles. The fraction of sp³-hybridized carbons (Fsp3) is 0.533. The van der Waals surface area contributed by atoms with Gasteiger partial charge in [0.2, 0.25) is 0 Å². The molecule has 0 amide bonds. The number of hydrogen-bond donors (Lipinski definition) is 0. The van der Waals surface area contributed by atoms with Gasteiger partial charge in [-0.2, -0.15) is 0 Å². The Kier molecular flexibility index (Phi) is 7.71. The van der Waals surface area contributed by atoms with Crippen molar-refractivity contribution in [2.75, 3.05) is 0 Å². The topological polar surface area (TPSA) is 26.3 Å². The van der Waals surface area contributed by atoms with Crippen LogP contribution in [0.25, 0.3) is 0 Å². The van der Waals surface area contributed by atoms with Gasteiger partial charge in [-0.3, -0.25) is 4.79 Å². The number of hydrogen-bond acceptors (Lipinski definition) is 2. The van der Waals surface area contributed by atoms with Crippen molar-refractivity contribution in [3.8, 4) is 5.75 Å². The summed E-state index contributed by atoms with van der Waals surface area (Å²) in [5.74, 6) is -0.301. The first-order chi connectivity index (χ1) is 9.45. The molecule has 0 saturated heterocycles. The van der Waals surface area contributed by atoms with Crippen molar-refractivity contribution in [2.45, 2.75) is 46.0 Å². The highest BCUT2D eigenvalue weighted by atomic mass is 35.5. The van der Waals surface area contributed by atoms with Gasteiger partial charge in [0.25, 0.3) is 0 Å². The van der Waals surface area contributed by atoms with Gasteiger partial charge in [-0.05, 0) is 18.6 Å². The standard InChI is InChI=1S/C15H19Cl3O2/c1-3-4-5-6-7-10(2)15(19)20-14-12(17)8-11(16)9-13(14)18/h8-10H,3-7H2,1-2H3. The molecule has 0 aliphatic heterocycles. The van der Waals surface area contributed by atoms with E-state index >= 15 is 0 Å². The molecule has 0 spiro atoms. The van der Waals surface area contributed by atoms with E-state index in [1.807, 2.05) is 6.92 Å². The maximum Gasteiger partial charge on any atom is 0.314 e. The van der Waals surface area contributed by atoms with Gasteiger partial charge in [-0.25, -0.2) is 0 Å². The Morgan fingerprint density at radius 3 is 2.30 bits per heavy atom. The Morgan fingerprint density at radius 1 is 1.15 bits per heavy atom. The first kappa shape index (κ1) is 17.6.